The molecule has 3 aromatic rings. The fraction of sp³-hybridized carbons (Fsp3) is 0.304. The maximum absolute atomic E-state index is 13.4. The molecule has 1 aliphatic rings. The fourth-order valence-electron chi connectivity index (χ4n) is 3.95. The van der Waals surface area contributed by atoms with Crippen LogP contribution in [0.3, 0.4) is 0 Å². The van der Waals surface area contributed by atoms with Gasteiger partial charge in [-0.1, -0.05) is 17.7 Å². The second-order valence-electron chi connectivity index (χ2n) is 7.63. The zero-order chi connectivity index (χ0) is 20.4. The van der Waals surface area contributed by atoms with Crippen LogP contribution in [0, 0.1) is 19.7 Å². The monoisotopic (exact) mass is 428 g/mol. The molecule has 1 fully saturated rings. The number of aromatic nitrogens is 2. The molecule has 0 atom stereocenters. The number of anilines is 1. The number of hydrogen-bond donors (Lipinski definition) is 2. The van der Waals surface area contributed by atoms with Crippen LogP contribution in [0.5, 0.6) is 0 Å². The van der Waals surface area contributed by atoms with Gasteiger partial charge in [-0.3, -0.25) is 4.79 Å². The summed E-state index contributed by atoms with van der Waals surface area (Å²) in [7, 11) is 0. The quantitative estimate of drug-likeness (QED) is 0.629. The van der Waals surface area contributed by atoms with Crippen molar-refractivity contribution in [2.45, 2.75) is 32.6 Å². The fourth-order valence-corrected chi connectivity index (χ4v) is 3.95. The van der Waals surface area contributed by atoms with E-state index in [0.717, 1.165) is 54.1 Å². The lowest BCUT2D eigenvalue weighted by Crippen LogP contribution is -2.29. The van der Waals surface area contributed by atoms with Gasteiger partial charge in [0.2, 0.25) is 0 Å². The van der Waals surface area contributed by atoms with Gasteiger partial charge in [-0.15, -0.1) is 12.4 Å². The molecule has 2 heterocycles. The van der Waals surface area contributed by atoms with E-state index < -0.39 is 0 Å². The lowest BCUT2D eigenvalue weighted by molar-refractivity contribution is 0.102. The molecule has 0 spiro atoms. The van der Waals surface area contributed by atoms with Crippen molar-refractivity contribution in [2.24, 2.45) is 0 Å². The molecule has 1 amide bonds. The van der Waals surface area contributed by atoms with E-state index in [9.17, 15) is 9.18 Å². The van der Waals surface area contributed by atoms with Crippen LogP contribution >= 0.6 is 12.4 Å². The van der Waals surface area contributed by atoms with Crippen molar-refractivity contribution in [1.82, 2.24) is 15.1 Å². The van der Waals surface area contributed by atoms with Gasteiger partial charge in [-0.05, 0) is 75.7 Å². The summed E-state index contributed by atoms with van der Waals surface area (Å²) in [4.78, 5) is 13.2. The van der Waals surface area contributed by atoms with Crippen molar-refractivity contribution in [3.63, 3.8) is 0 Å². The number of hydrogen-bond acceptors (Lipinski definition) is 3. The molecular formula is C23H26ClFN4O. The first-order valence-corrected chi connectivity index (χ1v) is 9.96. The number of halogens is 2. The first kappa shape index (κ1) is 22.0. The highest BCUT2D eigenvalue weighted by molar-refractivity contribution is 6.05. The molecule has 2 aromatic carbocycles. The molecule has 2 N–H and O–H groups in total. The van der Waals surface area contributed by atoms with E-state index in [4.69, 9.17) is 0 Å². The van der Waals surface area contributed by atoms with Gasteiger partial charge in [0, 0.05) is 11.6 Å². The molecule has 1 saturated heterocycles. The Hall–Kier alpha value is -2.70. The number of nitrogens with one attached hydrogen (secondary N) is 2. The number of aryl methyl sites for hydroxylation is 2. The Balaban J connectivity index is 0.00000256. The first-order chi connectivity index (χ1) is 14.0. The van der Waals surface area contributed by atoms with Gasteiger partial charge >= 0.3 is 0 Å². The van der Waals surface area contributed by atoms with Crippen LogP contribution < -0.4 is 10.6 Å². The average Bonchev–Trinajstić information content (AvgIpc) is 3.16. The molecule has 0 radical (unpaired) electrons. The Morgan fingerprint density at radius 2 is 1.83 bits per heavy atom. The highest BCUT2D eigenvalue weighted by Crippen LogP contribution is 2.31. The molecule has 0 bridgehead atoms. The zero-order valence-electron chi connectivity index (χ0n) is 17.1. The number of nitrogens with zero attached hydrogens (tertiary/aromatic N) is 2. The summed E-state index contributed by atoms with van der Waals surface area (Å²) >= 11 is 0. The molecule has 7 heteroatoms. The Labute approximate surface area is 182 Å². The van der Waals surface area contributed by atoms with Gasteiger partial charge < -0.3 is 10.6 Å². The third-order valence-corrected chi connectivity index (χ3v) is 5.48. The van der Waals surface area contributed by atoms with E-state index in [1.165, 1.54) is 12.1 Å². The van der Waals surface area contributed by atoms with Crippen molar-refractivity contribution in [2.75, 3.05) is 18.4 Å². The van der Waals surface area contributed by atoms with E-state index in [0.29, 0.717) is 5.56 Å². The third-order valence-electron chi connectivity index (χ3n) is 5.48. The zero-order valence-corrected chi connectivity index (χ0v) is 17.9. The van der Waals surface area contributed by atoms with Crippen LogP contribution in [0.2, 0.25) is 0 Å². The molecule has 0 aliphatic carbocycles. The minimum Gasteiger partial charge on any atom is -0.322 e. The van der Waals surface area contributed by atoms with E-state index in [1.54, 1.807) is 23.0 Å². The highest BCUT2D eigenvalue weighted by atomic mass is 35.5. The molecular weight excluding hydrogens is 403 g/mol. The lowest BCUT2D eigenvalue weighted by Gasteiger charge is -2.24. The van der Waals surface area contributed by atoms with Gasteiger partial charge in [-0.2, -0.15) is 5.10 Å². The minimum absolute atomic E-state index is 0. The minimum atomic E-state index is -0.294. The molecule has 1 aliphatic heterocycles. The smallest absolute Gasteiger partial charge is 0.259 e. The van der Waals surface area contributed by atoms with Crippen molar-refractivity contribution in [1.29, 1.82) is 0 Å². The molecule has 5 nitrogen and oxygen atoms in total. The largest absolute Gasteiger partial charge is 0.322 e. The summed E-state index contributed by atoms with van der Waals surface area (Å²) < 4.78 is 15.2. The van der Waals surface area contributed by atoms with Crippen molar-refractivity contribution >= 4 is 24.0 Å². The van der Waals surface area contributed by atoms with Gasteiger partial charge in [0.15, 0.2) is 0 Å². The summed E-state index contributed by atoms with van der Waals surface area (Å²) in [5.41, 5.74) is 5.19. The highest BCUT2D eigenvalue weighted by Gasteiger charge is 2.27. The maximum atomic E-state index is 13.4. The molecule has 30 heavy (non-hydrogen) atoms. The number of amides is 1. The Bertz CT molecular complexity index is 1030. The van der Waals surface area contributed by atoms with E-state index >= 15 is 0 Å². The molecule has 4 rings (SSSR count). The molecule has 1 aromatic heterocycles. The van der Waals surface area contributed by atoms with Gasteiger partial charge in [0.1, 0.15) is 5.82 Å². The SMILES string of the molecule is Cc1ccc(NC(=O)c2cnn(-c3ccc(F)cc3)c2C2CCNCC2)c(C)c1.Cl. The molecule has 158 valence electrons. The van der Waals surface area contributed by atoms with Crippen LogP contribution in [0.25, 0.3) is 5.69 Å². The topological polar surface area (TPSA) is 59.0 Å². The predicted octanol–water partition coefficient (Wildman–Crippen LogP) is 4.77. The van der Waals surface area contributed by atoms with Gasteiger partial charge in [-0.25, -0.2) is 9.07 Å². The average molecular weight is 429 g/mol. The second kappa shape index (κ2) is 9.41. The number of piperidine rings is 1. The Kier molecular flexibility index (Phi) is 6.90. The number of carbonyl (C=O) groups is 1. The predicted molar refractivity (Wildman–Crippen MR) is 119 cm³/mol. The third kappa shape index (κ3) is 4.55. The number of benzene rings is 2. The number of carbonyl (C=O) groups excluding carboxylic acids is 1. The van der Waals surface area contributed by atoms with Crippen molar-refractivity contribution in [3.8, 4) is 5.69 Å². The maximum Gasteiger partial charge on any atom is 0.259 e. The first-order valence-electron chi connectivity index (χ1n) is 9.96. The van der Waals surface area contributed by atoms with E-state index in [2.05, 4.69) is 15.7 Å². The van der Waals surface area contributed by atoms with Crippen LogP contribution in [0.15, 0.2) is 48.7 Å². The summed E-state index contributed by atoms with van der Waals surface area (Å²) in [5.74, 6) is -0.250. The summed E-state index contributed by atoms with van der Waals surface area (Å²) in [6.07, 6.45) is 3.48. The summed E-state index contributed by atoms with van der Waals surface area (Å²) in [6.45, 7) is 5.81. The van der Waals surface area contributed by atoms with Crippen LogP contribution in [0.4, 0.5) is 10.1 Å². The normalized spacial score (nSPS) is 14.2. The summed E-state index contributed by atoms with van der Waals surface area (Å²) in [5, 5.41) is 10.9. The standard InChI is InChI=1S/C23H25FN4O.ClH/c1-15-3-8-21(16(2)13-15)27-23(29)20-14-26-28(19-6-4-18(24)5-7-19)22(20)17-9-11-25-12-10-17;/h3-8,13-14,17,25H,9-12H2,1-2H3,(H,27,29);1H. The van der Waals surface area contributed by atoms with Gasteiger partial charge in [0.05, 0.1) is 23.1 Å². The van der Waals surface area contributed by atoms with Crippen LogP contribution in [-0.2, 0) is 0 Å². The second-order valence-corrected chi connectivity index (χ2v) is 7.63. The lowest BCUT2D eigenvalue weighted by atomic mass is 9.91. The summed E-state index contributed by atoms with van der Waals surface area (Å²) in [6, 6.07) is 12.2. The molecule has 0 saturated carbocycles. The Morgan fingerprint density at radius 3 is 2.50 bits per heavy atom. The Morgan fingerprint density at radius 1 is 1.13 bits per heavy atom. The van der Waals surface area contributed by atoms with Gasteiger partial charge in [0.25, 0.3) is 5.91 Å². The van der Waals surface area contributed by atoms with Crippen molar-refractivity contribution < 1.29 is 9.18 Å². The van der Waals surface area contributed by atoms with Crippen LogP contribution in [-0.4, -0.2) is 28.8 Å². The van der Waals surface area contributed by atoms with E-state index in [-0.39, 0.29) is 30.0 Å². The molecule has 0 unspecified atom stereocenters. The van der Waals surface area contributed by atoms with E-state index in [1.807, 2.05) is 32.0 Å². The van der Waals surface area contributed by atoms with Crippen molar-refractivity contribution in [3.05, 3.63) is 76.9 Å². The number of rotatable bonds is 4. The van der Waals surface area contributed by atoms with Crippen LogP contribution in [0.1, 0.15) is 45.9 Å².